The molecule has 0 unspecified atom stereocenters. The van der Waals surface area contributed by atoms with Crippen LogP contribution in [0.3, 0.4) is 0 Å². The molecular formula is C22H16N2OS. The Morgan fingerprint density at radius 1 is 0.846 bits per heavy atom. The molecule has 0 saturated heterocycles. The first-order chi connectivity index (χ1) is 12.8. The van der Waals surface area contributed by atoms with Gasteiger partial charge in [0.25, 0.3) is 0 Å². The first-order valence-corrected chi connectivity index (χ1v) is 9.16. The predicted molar refractivity (Wildman–Crippen MR) is 105 cm³/mol. The van der Waals surface area contributed by atoms with Crippen LogP contribution in [0.4, 0.5) is 0 Å². The molecule has 0 amide bonds. The summed E-state index contributed by atoms with van der Waals surface area (Å²) in [4.78, 5) is 22.6. The third-order valence-electron chi connectivity index (χ3n) is 4.04. The van der Waals surface area contributed by atoms with Crippen LogP contribution in [0.2, 0.25) is 0 Å². The van der Waals surface area contributed by atoms with E-state index in [1.807, 2.05) is 72.8 Å². The number of nitrogens with zero attached hydrogens (tertiary/aromatic N) is 2. The van der Waals surface area contributed by atoms with Gasteiger partial charge in [-0.05, 0) is 17.7 Å². The minimum atomic E-state index is 0.0858. The van der Waals surface area contributed by atoms with Crippen LogP contribution < -0.4 is 0 Å². The standard InChI is InChI=1S/C22H16N2OS/c25-19(14-16-8-3-1-4-9-16)21-20(17-10-5-2-6-11-17)24-22(26-21)18-12-7-13-23-15-18/h1-13,15H,14H2. The lowest BCUT2D eigenvalue weighted by Crippen LogP contribution is -2.03. The molecule has 4 aromatic rings. The molecular weight excluding hydrogens is 340 g/mol. The average molecular weight is 356 g/mol. The van der Waals surface area contributed by atoms with Crippen LogP contribution in [0.1, 0.15) is 15.2 Å². The lowest BCUT2D eigenvalue weighted by Gasteiger charge is -2.02. The summed E-state index contributed by atoms with van der Waals surface area (Å²) in [6, 6.07) is 23.5. The maximum atomic E-state index is 13.0. The highest BCUT2D eigenvalue weighted by molar-refractivity contribution is 7.17. The molecule has 0 aliphatic carbocycles. The summed E-state index contributed by atoms with van der Waals surface area (Å²) in [5.41, 5.74) is 3.63. The van der Waals surface area contributed by atoms with Gasteiger partial charge in [0.15, 0.2) is 5.78 Å². The van der Waals surface area contributed by atoms with Gasteiger partial charge >= 0.3 is 0 Å². The Hall–Kier alpha value is -3.11. The van der Waals surface area contributed by atoms with Crippen LogP contribution in [-0.2, 0) is 6.42 Å². The van der Waals surface area contributed by atoms with Crippen molar-refractivity contribution < 1.29 is 4.79 Å². The van der Waals surface area contributed by atoms with Crippen molar-refractivity contribution in [3.63, 3.8) is 0 Å². The fourth-order valence-corrected chi connectivity index (χ4v) is 3.79. The number of benzene rings is 2. The highest BCUT2D eigenvalue weighted by Crippen LogP contribution is 2.34. The van der Waals surface area contributed by atoms with Gasteiger partial charge in [-0.1, -0.05) is 60.7 Å². The van der Waals surface area contributed by atoms with Crippen molar-refractivity contribution in [1.82, 2.24) is 9.97 Å². The fourth-order valence-electron chi connectivity index (χ4n) is 2.78. The van der Waals surface area contributed by atoms with Crippen LogP contribution in [-0.4, -0.2) is 15.8 Å². The molecule has 4 rings (SSSR count). The Labute approximate surface area is 156 Å². The lowest BCUT2D eigenvalue weighted by atomic mass is 10.0. The zero-order chi connectivity index (χ0) is 17.8. The van der Waals surface area contributed by atoms with Crippen molar-refractivity contribution in [3.8, 4) is 21.8 Å². The lowest BCUT2D eigenvalue weighted by molar-refractivity contribution is 0.0997. The number of thiazole rings is 1. The Morgan fingerprint density at radius 2 is 1.54 bits per heavy atom. The number of carbonyl (C=O) groups excluding carboxylic acids is 1. The van der Waals surface area contributed by atoms with E-state index in [-0.39, 0.29) is 5.78 Å². The molecule has 0 fully saturated rings. The second kappa shape index (κ2) is 7.42. The third kappa shape index (κ3) is 3.46. The van der Waals surface area contributed by atoms with Gasteiger partial charge in [-0.15, -0.1) is 11.3 Å². The molecule has 0 radical (unpaired) electrons. The van der Waals surface area contributed by atoms with Gasteiger partial charge in [0.2, 0.25) is 0 Å². The molecule has 3 nitrogen and oxygen atoms in total. The molecule has 0 bridgehead atoms. The molecule has 2 aromatic heterocycles. The van der Waals surface area contributed by atoms with E-state index in [4.69, 9.17) is 4.98 Å². The minimum absolute atomic E-state index is 0.0858. The van der Waals surface area contributed by atoms with Gasteiger partial charge in [0.05, 0.1) is 10.6 Å². The highest BCUT2D eigenvalue weighted by atomic mass is 32.1. The normalized spacial score (nSPS) is 10.6. The molecule has 0 N–H and O–H groups in total. The summed E-state index contributed by atoms with van der Waals surface area (Å²) in [5.74, 6) is 0.0858. The first kappa shape index (κ1) is 16.4. The van der Waals surface area contributed by atoms with Crippen LogP contribution >= 0.6 is 11.3 Å². The minimum Gasteiger partial charge on any atom is -0.293 e. The van der Waals surface area contributed by atoms with Crippen LogP contribution in [0.25, 0.3) is 21.8 Å². The monoisotopic (exact) mass is 356 g/mol. The van der Waals surface area contributed by atoms with Crippen molar-refractivity contribution in [3.05, 3.63) is 95.6 Å². The number of hydrogen-bond acceptors (Lipinski definition) is 4. The maximum Gasteiger partial charge on any atom is 0.179 e. The third-order valence-corrected chi connectivity index (χ3v) is 5.19. The smallest absolute Gasteiger partial charge is 0.179 e. The Kier molecular flexibility index (Phi) is 4.67. The molecule has 4 heteroatoms. The summed E-state index contributed by atoms with van der Waals surface area (Å²) in [7, 11) is 0. The van der Waals surface area contributed by atoms with Crippen molar-refractivity contribution in [2.75, 3.05) is 0 Å². The van der Waals surface area contributed by atoms with Gasteiger partial charge in [-0.3, -0.25) is 9.78 Å². The van der Waals surface area contributed by atoms with E-state index in [0.29, 0.717) is 11.3 Å². The Bertz CT molecular complexity index is 1010. The van der Waals surface area contributed by atoms with Gasteiger partial charge in [0, 0.05) is 29.9 Å². The molecule has 126 valence electrons. The SMILES string of the molecule is O=C(Cc1ccccc1)c1sc(-c2cccnc2)nc1-c1ccccc1. The fraction of sp³-hybridized carbons (Fsp3) is 0.0455. The maximum absolute atomic E-state index is 13.0. The van der Waals surface area contributed by atoms with E-state index in [1.54, 1.807) is 12.4 Å². The molecule has 26 heavy (non-hydrogen) atoms. The van der Waals surface area contributed by atoms with Gasteiger partial charge < -0.3 is 0 Å². The second-order valence-electron chi connectivity index (χ2n) is 5.89. The van der Waals surface area contributed by atoms with E-state index in [2.05, 4.69) is 4.98 Å². The average Bonchev–Trinajstić information content (AvgIpc) is 3.16. The number of hydrogen-bond donors (Lipinski definition) is 0. The molecule has 0 aliphatic heterocycles. The van der Waals surface area contributed by atoms with Crippen LogP contribution in [0.15, 0.2) is 85.2 Å². The number of carbonyl (C=O) groups is 1. The van der Waals surface area contributed by atoms with Gasteiger partial charge in [-0.25, -0.2) is 4.98 Å². The molecule has 0 saturated carbocycles. The second-order valence-corrected chi connectivity index (χ2v) is 6.89. The van der Waals surface area contributed by atoms with Crippen molar-refractivity contribution in [2.45, 2.75) is 6.42 Å². The molecule has 2 heterocycles. The largest absolute Gasteiger partial charge is 0.293 e. The zero-order valence-corrected chi connectivity index (χ0v) is 14.8. The predicted octanol–water partition coefficient (Wildman–Crippen LogP) is 5.30. The molecule has 0 atom stereocenters. The van der Waals surface area contributed by atoms with E-state index in [1.165, 1.54) is 11.3 Å². The van der Waals surface area contributed by atoms with Gasteiger partial charge in [0.1, 0.15) is 5.01 Å². The summed E-state index contributed by atoms with van der Waals surface area (Å²) >= 11 is 1.43. The van der Waals surface area contributed by atoms with Crippen molar-refractivity contribution in [1.29, 1.82) is 0 Å². The molecule has 2 aromatic carbocycles. The summed E-state index contributed by atoms with van der Waals surface area (Å²) in [6.45, 7) is 0. The molecule has 0 aliphatic rings. The Morgan fingerprint density at radius 3 is 2.23 bits per heavy atom. The van der Waals surface area contributed by atoms with Gasteiger partial charge in [-0.2, -0.15) is 0 Å². The van der Waals surface area contributed by atoms with Crippen LogP contribution in [0, 0.1) is 0 Å². The van der Waals surface area contributed by atoms with Crippen LogP contribution in [0.5, 0.6) is 0 Å². The topological polar surface area (TPSA) is 42.9 Å². The van der Waals surface area contributed by atoms with E-state index in [9.17, 15) is 4.79 Å². The molecule has 0 spiro atoms. The summed E-state index contributed by atoms with van der Waals surface area (Å²) in [5, 5.41) is 0.813. The van der Waals surface area contributed by atoms with Crippen molar-refractivity contribution in [2.24, 2.45) is 0 Å². The highest BCUT2D eigenvalue weighted by Gasteiger charge is 2.20. The quantitative estimate of drug-likeness (QED) is 0.456. The van der Waals surface area contributed by atoms with Crippen molar-refractivity contribution >= 4 is 17.1 Å². The summed E-state index contributed by atoms with van der Waals surface area (Å²) in [6.07, 6.45) is 3.88. The zero-order valence-electron chi connectivity index (χ0n) is 14.0. The number of ketones is 1. The number of aromatic nitrogens is 2. The first-order valence-electron chi connectivity index (χ1n) is 8.35. The number of pyridine rings is 1. The van der Waals surface area contributed by atoms with E-state index >= 15 is 0 Å². The van der Waals surface area contributed by atoms with E-state index < -0.39 is 0 Å². The number of Topliss-reactive ketones (excluding diaryl/α,β-unsaturated/α-hetero) is 1. The Balaban J connectivity index is 1.77. The number of rotatable bonds is 5. The summed E-state index contributed by atoms with van der Waals surface area (Å²) < 4.78 is 0. The van der Waals surface area contributed by atoms with E-state index in [0.717, 1.165) is 27.4 Å².